The average molecular weight is 356 g/mol. The Bertz CT molecular complexity index is 944. The largest absolute Gasteiger partial charge is 0.364 e. The molecule has 0 aliphatic carbocycles. The van der Waals surface area contributed by atoms with E-state index in [2.05, 4.69) is 52.6 Å². The number of hydrogen-bond acceptors (Lipinski definition) is 7. The summed E-state index contributed by atoms with van der Waals surface area (Å²) in [5, 5.41) is 15.0. The van der Waals surface area contributed by atoms with Gasteiger partial charge in [0, 0.05) is 17.2 Å². The van der Waals surface area contributed by atoms with E-state index in [1.165, 1.54) is 0 Å². The third-order valence-electron chi connectivity index (χ3n) is 5.15. The monoisotopic (exact) mass is 356 g/mol. The Morgan fingerprint density at radius 1 is 1.32 bits per heavy atom. The number of morpholine rings is 1. The van der Waals surface area contributed by atoms with Gasteiger partial charge in [0.15, 0.2) is 5.65 Å². The predicted octanol–water partition coefficient (Wildman–Crippen LogP) is 2.38. The first-order valence-corrected chi connectivity index (χ1v) is 9.37. The third-order valence-corrected chi connectivity index (χ3v) is 6.18. The van der Waals surface area contributed by atoms with E-state index in [0.29, 0.717) is 6.04 Å². The molecule has 0 aromatic carbocycles. The van der Waals surface area contributed by atoms with Crippen LogP contribution < -0.4 is 4.90 Å². The van der Waals surface area contributed by atoms with Crippen LogP contribution in [0.25, 0.3) is 5.65 Å². The summed E-state index contributed by atoms with van der Waals surface area (Å²) < 4.78 is 7.95. The number of pyridine rings is 1. The third kappa shape index (κ3) is 2.27. The lowest BCUT2D eigenvalue weighted by Crippen LogP contribution is -2.41. The maximum atomic E-state index is 6.23. The van der Waals surface area contributed by atoms with Crippen molar-refractivity contribution >= 4 is 22.7 Å². The highest BCUT2D eigenvalue weighted by Gasteiger charge is 2.54. The molecule has 5 rings (SSSR count). The van der Waals surface area contributed by atoms with Gasteiger partial charge < -0.3 is 9.64 Å². The zero-order chi connectivity index (χ0) is 17.2. The molecule has 3 aromatic rings. The summed E-state index contributed by atoms with van der Waals surface area (Å²) in [5.41, 5.74) is 2.81. The van der Waals surface area contributed by atoms with Gasteiger partial charge in [-0.25, -0.2) is 4.98 Å². The standard InChI is InChI=1S/C17H20N6OS/c1-16(2,3)13-9-25-15(18-13)17-6-12(8-24-17)22(10-17)11-4-5-14-19-20-21-23(14)7-11/h4-5,7,9,12H,6,8,10H2,1-3H3. The second kappa shape index (κ2) is 4.98. The first-order chi connectivity index (χ1) is 11.9. The number of rotatable bonds is 2. The molecule has 2 fully saturated rings. The smallest absolute Gasteiger partial charge is 0.179 e. The van der Waals surface area contributed by atoms with Crippen molar-refractivity contribution in [3.8, 4) is 0 Å². The van der Waals surface area contributed by atoms with Crippen LogP contribution in [0.4, 0.5) is 5.69 Å². The van der Waals surface area contributed by atoms with E-state index in [0.717, 1.165) is 41.6 Å². The molecule has 8 heteroatoms. The number of ether oxygens (including phenoxy) is 1. The van der Waals surface area contributed by atoms with Crippen molar-refractivity contribution in [2.75, 3.05) is 18.1 Å². The van der Waals surface area contributed by atoms with E-state index in [1.807, 2.05) is 12.3 Å². The van der Waals surface area contributed by atoms with E-state index in [4.69, 9.17) is 9.72 Å². The number of hydrogen-bond donors (Lipinski definition) is 0. The first-order valence-electron chi connectivity index (χ1n) is 8.49. The summed E-state index contributed by atoms with van der Waals surface area (Å²) in [6.45, 7) is 8.15. The Labute approximate surface area is 149 Å². The topological polar surface area (TPSA) is 68.4 Å². The van der Waals surface area contributed by atoms with Crippen LogP contribution >= 0.6 is 11.3 Å². The molecule has 2 aliphatic heterocycles. The lowest BCUT2D eigenvalue weighted by atomic mass is 9.93. The molecule has 7 nitrogen and oxygen atoms in total. The number of thiazole rings is 1. The first kappa shape index (κ1) is 15.2. The van der Waals surface area contributed by atoms with Crippen molar-refractivity contribution < 1.29 is 4.74 Å². The van der Waals surface area contributed by atoms with Gasteiger partial charge in [0.25, 0.3) is 0 Å². The molecule has 2 bridgehead atoms. The van der Waals surface area contributed by atoms with Gasteiger partial charge in [-0.15, -0.1) is 16.4 Å². The van der Waals surface area contributed by atoms with Crippen molar-refractivity contribution in [2.45, 2.75) is 44.2 Å². The van der Waals surface area contributed by atoms with Crippen LogP contribution in [-0.4, -0.2) is 44.2 Å². The Balaban J connectivity index is 1.48. The maximum absolute atomic E-state index is 6.23. The number of tetrazole rings is 1. The van der Waals surface area contributed by atoms with E-state index in [1.54, 1.807) is 15.9 Å². The minimum absolute atomic E-state index is 0.0623. The Kier molecular flexibility index (Phi) is 3.03. The number of nitrogens with zero attached hydrogens (tertiary/aromatic N) is 6. The molecule has 0 amide bonds. The van der Waals surface area contributed by atoms with Crippen molar-refractivity contribution in [1.82, 2.24) is 25.0 Å². The molecule has 0 radical (unpaired) electrons. The van der Waals surface area contributed by atoms with Gasteiger partial charge in [-0.1, -0.05) is 20.8 Å². The number of aromatic nitrogens is 5. The zero-order valence-corrected chi connectivity index (χ0v) is 15.3. The molecule has 2 atom stereocenters. The summed E-state index contributed by atoms with van der Waals surface area (Å²) >= 11 is 1.72. The summed E-state index contributed by atoms with van der Waals surface area (Å²) in [6, 6.07) is 4.41. The van der Waals surface area contributed by atoms with Crippen LogP contribution in [0.3, 0.4) is 0 Å². The van der Waals surface area contributed by atoms with Crippen LogP contribution in [0.1, 0.15) is 37.9 Å². The lowest BCUT2D eigenvalue weighted by molar-refractivity contribution is -0.00230. The number of anilines is 1. The van der Waals surface area contributed by atoms with Gasteiger partial charge in [-0.2, -0.15) is 4.52 Å². The van der Waals surface area contributed by atoms with Crippen LogP contribution in [0.2, 0.25) is 0 Å². The Hall–Kier alpha value is -2.06. The normalized spacial score (nSPS) is 26.0. The summed E-state index contributed by atoms with van der Waals surface area (Å²) in [4.78, 5) is 7.34. The van der Waals surface area contributed by atoms with Gasteiger partial charge in [0.2, 0.25) is 0 Å². The number of fused-ring (bicyclic) bond motifs is 3. The van der Waals surface area contributed by atoms with Crippen LogP contribution in [-0.2, 0) is 15.8 Å². The minimum atomic E-state index is -0.283. The van der Waals surface area contributed by atoms with Crippen LogP contribution in [0, 0.1) is 0 Å². The van der Waals surface area contributed by atoms with Crippen LogP contribution in [0.5, 0.6) is 0 Å². The SMILES string of the molecule is CC(C)(C)c1csc(C23CC(CO2)N(c2ccc4nnnn4c2)C3)n1. The molecule has 3 aromatic heterocycles. The van der Waals surface area contributed by atoms with E-state index >= 15 is 0 Å². The predicted molar refractivity (Wildman–Crippen MR) is 95.0 cm³/mol. The highest BCUT2D eigenvalue weighted by atomic mass is 32.1. The molecule has 2 unspecified atom stereocenters. The van der Waals surface area contributed by atoms with E-state index in [9.17, 15) is 0 Å². The molecular weight excluding hydrogens is 336 g/mol. The Morgan fingerprint density at radius 3 is 3.00 bits per heavy atom. The van der Waals surface area contributed by atoms with Gasteiger partial charge in [0.1, 0.15) is 10.6 Å². The highest BCUT2D eigenvalue weighted by molar-refractivity contribution is 7.09. The van der Waals surface area contributed by atoms with E-state index in [-0.39, 0.29) is 11.0 Å². The molecule has 2 aliphatic rings. The molecule has 0 N–H and O–H groups in total. The van der Waals surface area contributed by atoms with Crippen molar-refractivity contribution in [3.05, 3.63) is 34.4 Å². The fraction of sp³-hybridized carbons (Fsp3) is 0.529. The van der Waals surface area contributed by atoms with Gasteiger partial charge in [0.05, 0.1) is 36.8 Å². The molecule has 0 saturated carbocycles. The highest BCUT2D eigenvalue weighted by Crippen LogP contribution is 2.48. The van der Waals surface area contributed by atoms with Crippen molar-refractivity contribution in [1.29, 1.82) is 0 Å². The summed E-state index contributed by atoms with van der Waals surface area (Å²) in [6.07, 6.45) is 2.98. The lowest BCUT2D eigenvalue weighted by Gasteiger charge is -2.33. The van der Waals surface area contributed by atoms with E-state index < -0.39 is 0 Å². The molecule has 130 valence electrons. The van der Waals surface area contributed by atoms with Gasteiger partial charge in [-0.05, 0) is 22.6 Å². The second-order valence-electron chi connectivity index (χ2n) is 7.95. The fourth-order valence-electron chi connectivity index (χ4n) is 3.72. The summed E-state index contributed by atoms with van der Waals surface area (Å²) in [7, 11) is 0. The van der Waals surface area contributed by atoms with Crippen molar-refractivity contribution in [2.24, 2.45) is 0 Å². The van der Waals surface area contributed by atoms with Crippen LogP contribution in [0.15, 0.2) is 23.7 Å². The van der Waals surface area contributed by atoms with Gasteiger partial charge >= 0.3 is 0 Å². The molecule has 2 saturated heterocycles. The maximum Gasteiger partial charge on any atom is 0.179 e. The zero-order valence-electron chi connectivity index (χ0n) is 14.5. The molecule has 5 heterocycles. The molecule has 0 spiro atoms. The average Bonchev–Trinajstić information content (AvgIpc) is 3.34. The Morgan fingerprint density at radius 2 is 2.20 bits per heavy atom. The minimum Gasteiger partial charge on any atom is -0.364 e. The second-order valence-corrected chi connectivity index (χ2v) is 8.81. The molecular formula is C17H20N6OS. The summed E-state index contributed by atoms with van der Waals surface area (Å²) in [5.74, 6) is 0. The molecule has 25 heavy (non-hydrogen) atoms. The fourth-order valence-corrected chi connectivity index (χ4v) is 4.92. The van der Waals surface area contributed by atoms with Crippen molar-refractivity contribution in [3.63, 3.8) is 0 Å². The van der Waals surface area contributed by atoms with Gasteiger partial charge in [-0.3, -0.25) is 0 Å². The quantitative estimate of drug-likeness (QED) is 0.702.